The van der Waals surface area contributed by atoms with Crippen LogP contribution in [0.25, 0.3) is 0 Å². The minimum Gasteiger partial charge on any atom is -0.462 e. The van der Waals surface area contributed by atoms with Crippen molar-refractivity contribution >= 4 is 39.5 Å². The summed E-state index contributed by atoms with van der Waals surface area (Å²) in [5, 5.41) is 10.6. The Morgan fingerprint density at radius 2 is 0.521 bits per heavy atom. The van der Waals surface area contributed by atoms with Crippen LogP contribution in [0.5, 0.6) is 0 Å². The SMILES string of the molecule is CCCCC/C=C\C/C=C\C/C=C\C/C=C\CCCC(=O)O[C@H](COC(=O)CCCCCCCCCCCCCCC)COP(=O)(O)OC[C@H](O)COP(=O)(O)OC[C@@H](COC(=O)CCCCCCCCCCCCCCC)OC(=O)CCCCCCC/C=C\CCCCCC. The van der Waals surface area contributed by atoms with Gasteiger partial charge in [-0.3, -0.25) is 37.3 Å². The Morgan fingerprint density at radius 1 is 0.292 bits per heavy atom. The van der Waals surface area contributed by atoms with Crippen molar-refractivity contribution in [1.82, 2.24) is 0 Å². The minimum atomic E-state index is -4.98. The van der Waals surface area contributed by atoms with Crippen LogP contribution < -0.4 is 0 Å². The Balaban J connectivity index is 5.36. The van der Waals surface area contributed by atoms with Gasteiger partial charge in [-0.1, -0.05) is 294 Å². The van der Waals surface area contributed by atoms with E-state index < -0.39 is 97.5 Å². The van der Waals surface area contributed by atoms with Crippen LogP contribution in [0, 0.1) is 0 Å². The molecule has 96 heavy (non-hydrogen) atoms. The van der Waals surface area contributed by atoms with Crippen LogP contribution in [-0.4, -0.2) is 96.7 Å². The van der Waals surface area contributed by atoms with E-state index >= 15 is 0 Å². The predicted molar refractivity (Wildman–Crippen MR) is 390 cm³/mol. The predicted octanol–water partition coefficient (Wildman–Crippen LogP) is 21.9. The minimum absolute atomic E-state index is 0.0241. The van der Waals surface area contributed by atoms with Gasteiger partial charge in [0.2, 0.25) is 0 Å². The second-order valence-electron chi connectivity index (χ2n) is 26.0. The summed E-state index contributed by atoms with van der Waals surface area (Å²) in [6.07, 6.45) is 67.9. The molecule has 19 heteroatoms. The zero-order valence-electron chi connectivity index (χ0n) is 61.1. The zero-order valence-corrected chi connectivity index (χ0v) is 62.8. The highest BCUT2D eigenvalue weighted by Gasteiger charge is 2.30. The van der Waals surface area contributed by atoms with Gasteiger partial charge >= 0.3 is 39.5 Å². The van der Waals surface area contributed by atoms with Crippen LogP contribution >= 0.6 is 15.6 Å². The molecule has 0 radical (unpaired) electrons. The molecule has 0 spiro atoms. The van der Waals surface area contributed by atoms with Gasteiger partial charge in [-0.15, -0.1) is 0 Å². The average molecular weight is 1400 g/mol. The maximum atomic E-state index is 13.1. The molecule has 0 heterocycles. The summed E-state index contributed by atoms with van der Waals surface area (Å²) in [4.78, 5) is 72.8. The van der Waals surface area contributed by atoms with Gasteiger partial charge in [-0.2, -0.15) is 0 Å². The maximum Gasteiger partial charge on any atom is 0.472 e. The molecule has 0 aliphatic carbocycles. The standard InChI is InChI=1S/C77H140O17P2/c1-5-9-13-17-21-25-29-33-34-35-36-40-44-48-52-56-60-64-77(82)94-73(68-88-75(80)62-58-54-50-46-42-38-31-27-23-19-15-11-7-3)70-92-96(85,86)90-66-71(78)65-89-95(83,84)91-69-72(93-76(81)63-59-55-51-47-43-39-32-28-24-20-16-12-8-4)67-87-74(79)61-57-53-49-45-41-37-30-26-22-18-14-10-6-2/h21,25,28,32-34,36,40,48,52,71-73,78H,5-20,22-24,26-27,29-31,35,37-39,41-47,49-51,53-70H2,1-4H3,(H,83,84)(H,85,86)/b25-21-,32-28-,34-33-,40-36-,52-48-/t71-,72-,73-/m1/s1. The molecule has 0 bridgehead atoms. The van der Waals surface area contributed by atoms with E-state index in [0.717, 1.165) is 103 Å². The smallest absolute Gasteiger partial charge is 0.462 e. The van der Waals surface area contributed by atoms with Gasteiger partial charge in [0.25, 0.3) is 0 Å². The topological polar surface area (TPSA) is 237 Å². The number of unbranched alkanes of at least 4 members (excludes halogenated alkanes) is 37. The number of esters is 4. The maximum absolute atomic E-state index is 13.1. The van der Waals surface area contributed by atoms with Crippen molar-refractivity contribution in [3.8, 4) is 0 Å². The first-order valence-corrected chi connectivity index (χ1v) is 41.5. The first kappa shape index (κ1) is 92.8. The Labute approximate surface area is 584 Å². The highest BCUT2D eigenvalue weighted by atomic mass is 31.2. The highest BCUT2D eigenvalue weighted by Crippen LogP contribution is 2.45. The number of ether oxygens (including phenoxy) is 4. The summed E-state index contributed by atoms with van der Waals surface area (Å²) in [7, 11) is -9.95. The highest BCUT2D eigenvalue weighted by molar-refractivity contribution is 7.47. The largest absolute Gasteiger partial charge is 0.472 e. The Hall–Kier alpha value is -3.24. The van der Waals surface area contributed by atoms with Gasteiger partial charge in [-0.05, 0) is 89.9 Å². The first-order chi connectivity index (χ1) is 46.7. The van der Waals surface area contributed by atoms with Crippen molar-refractivity contribution in [2.24, 2.45) is 0 Å². The summed E-state index contributed by atoms with van der Waals surface area (Å²) < 4.78 is 68.4. The number of phosphoric ester groups is 2. The average Bonchev–Trinajstić information content (AvgIpc) is 1.26. The van der Waals surface area contributed by atoms with Gasteiger partial charge in [0, 0.05) is 25.7 Å². The quantitative estimate of drug-likeness (QED) is 0.0169. The zero-order chi connectivity index (χ0) is 70.4. The summed E-state index contributed by atoms with van der Waals surface area (Å²) in [5.41, 5.74) is 0. The van der Waals surface area contributed by atoms with Gasteiger partial charge in [0.1, 0.15) is 19.3 Å². The van der Waals surface area contributed by atoms with Gasteiger partial charge in [-0.25, -0.2) is 9.13 Å². The number of rotatable bonds is 73. The normalized spacial score (nSPS) is 14.3. The third kappa shape index (κ3) is 69.2. The van der Waals surface area contributed by atoms with E-state index in [4.69, 9.17) is 37.0 Å². The lowest BCUT2D eigenvalue weighted by Gasteiger charge is -2.21. The molecule has 17 nitrogen and oxygen atoms in total. The number of hydrogen-bond acceptors (Lipinski definition) is 15. The Morgan fingerprint density at radius 3 is 0.865 bits per heavy atom. The van der Waals surface area contributed by atoms with Crippen LogP contribution in [0.15, 0.2) is 60.8 Å². The summed E-state index contributed by atoms with van der Waals surface area (Å²) >= 11 is 0. The lowest BCUT2D eigenvalue weighted by molar-refractivity contribution is -0.161. The second kappa shape index (κ2) is 70.2. The van der Waals surface area contributed by atoms with Crippen LogP contribution in [0.1, 0.15) is 349 Å². The number of carbonyl (C=O) groups is 4. The van der Waals surface area contributed by atoms with E-state index in [-0.39, 0.29) is 25.7 Å². The molecule has 3 N–H and O–H groups in total. The number of phosphoric acid groups is 2. The van der Waals surface area contributed by atoms with Crippen molar-refractivity contribution in [3.05, 3.63) is 60.8 Å². The van der Waals surface area contributed by atoms with Crippen molar-refractivity contribution < 1.29 is 80.2 Å². The van der Waals surface area contributed by atoms with E-state index in [1.54, 1.807) is 0 Å². The lowest BCUT2D eigenvalue weighted by Crippen LogP contribution is -2.30. The third-order valence-electron chi connectivity index (χ3n) is 16.5. The molecule has 0 aromatic heterocycles. The molecule has 0 saturated carbocycles. The molecule has 0 aromatic rings. The fourth-order valence-electron chi connectivity index (χ4n) is 10.6. The number of aliphatic hydroxyl groups excluding tert-OH is 1. The Kier molecular flexibility index (Phi) is 67.8. The number of hydrogen-bond donors (Lipinski definition) is 3. The fraction of sp³-hybridized carbons (Fsp3) is 0.818. The van der Waals surface area contributed by atoms with E-state index in [2.05, 4.69) is 76.3 Å². The van der Waals surface area contributed by atoms with Gasteiger partial charge in [0.15, 0.2) is 12.2 Å². The van der Waals surface area contributed by atoms with E-state index in [9.17, 15) is 43.2 Å². The van der Waals surface area contributed by atoms with E-state index in [1.807, 2.05) is 12.2 Å². The van der Waals surface area contributed by atoms with E-state index in [1.165, 1.54) is 161 Å². The molecule has 0 aliphatic heterocycles. The van der Waals surface area contributed by atoms with Crippen LogP contribution in [0.4, 0.5) is 0 Å². The molecule has 2 unspecified atom stereocenters. The molecule has 0 rings (SSSR count). The molecule has 5 atom stereocenters. The van der Waals surface area contributed by atoms with Crippen molar-refractivity contribution in [2.75, 3.05) is 39.6 Å². The third-order valence-corrected chi connectivity index (χ3v) is 18.4. The van der Waals surface area contributed by atoms with Crippen LogP contribution in [-0.2, 0) is 65.4 Å². The lowest BCUT2D eigenvalue weighted by atomic mass is 10.0. The number of carbonyl (C=O) groups excluding carboxylic acids is 4. The van der Waals surface area contributed by atoms with Gasteiger partial charge in [0.05, 0.1) is 26.4 Å². The number of aliphatic hydroxyl groups is 1. The second-order valence-corrected chi connectivity index (χ2v) is 28.9. The van der Waals surface area contributed by atoms with Crippen LogP contribution in [0.3, 0.4) is 0 Å². The number of allylic oxidation sites excluding steroid dienone is 10. The molecule has 0 saturated heterocycles. The van der Waals surface area contributed by atoms with E-state index in [0.29, 0.717) is 32.1 Å². The summed E-state index contributed by atoms with van der Waals surface area (Å²) in [6, 6.07) is 0. The Bertz CT molecular complexity index is 2060. The molecule has 0 aromatic carbocycles. The molecule has 0 aliphatic rings. The first-order valence-electron chi connectivity index (χ1n) is 38.5. The van der Waals surface area contributed by atoms with Crippen molar-refractivity contribution in [1.29, 1.82) is 0 Å². The van der Waals surface area contributed by atoms with Crippen molar-refractivity contribution in [2.45, 2.75) is 367 Å². The molecular formula is C77H140O17P2. The molecule has 0 fully saturated rings. The fourth-order valence-corrected chi connectivity index (χ4v) is 12.1. The van der Waals surface area contributed by atoms with Gasteiger partial charge < -0.3 is 33.8 Å². The van der Waals surface area contributed by atoms with Crippen molar-refractivity contribution in [3.63, 3.8) is 0 Å². The summed E-state index contributed by atoms with van der Waals surface area (Å²) in [5.74, 6) is -2.22. The molecule has 0 amide bonds. The summed E-state index contributed by atoms with van der Waals surface area (Å²) in [6.45, 7) is 4.81. The monoisotopic (exact) mass is 1400 g/mol. The van der Waals surface area contributed by atoms with Crippen LogP contribution in [0.2, 0.25) is 0 Å². The molecule has 560 valence electrons. The molecular weight excluding hydrogens is 1260 g/mol.